The monoisotopic (exact) mass is 282 g/mol. The molecule has 0 aromatic heterocycles. The third kappa shape index (κ3) is 5.12. The van der Waals surface area contributed by atoms with Crippen LogP contribution in [0.4, 0.5) is 0 Å². The Morgan fingerprint density at radius 3 is 2.48 bits per heavy atom. The fourth-order valence-electron chi connectivity index (χ4n) is 1.74. The zero-order valence-corrected chi connectivity index (χ0v) is 12.1. The van der Waals surface area contributed by atoms with E-state index in [1.807, 2.05) is 54.6 Å². The number of nitrogens with one attached hydrogen (secondary N) is 1. The highest BCUT2D eigenvalue weighted by Crippen LogP contribution is 2.22. The number of nitrogens with zero attached hydrogens (tertiary/aromatic N) is 1. The zero-order chi connectivity index (χ0) is 15.1. The Labute approximate surface area is 124 Å². The number of hydrazine groups is 1. The van der Waals surface area contributed by atoms with Gasteiger partial charge in [0.05, 0.1) is 0 Å². The van der Waals surface area contributed by atoms with Gasteiger partial charge in [0.1, 0.15) is 11.5 Å². The van der Waals surface area contributed by atoms with Crippen molar-refractivity contribution < 1.29 is 9.53 Å². The summed E-state index contributed by atoms with van der Waals surface area (Å²) in [4.78, 5) is 11.5. The Hall–Kier alpha value is -2.59. The third-order valence-electron chi connectivity index (χ3n) is 2.60. The lowest BCUT2D eigenvalue weighted by atomic mass is 10.2. The molecule has 1 N–H and O–H groups in total. The molecule has 4 heteroatoms. The van der Waals surface area contributed by atoms with Crippen LogP contribution in [0.5, 0.6) is 11.5 Å². The van der Waals surface area contributed by atoms with Gasteiger partial charge in [-0.2, -0.15) is 0 Å². The van der Waals surface area contributed by atoms with Gasteiger partial charge >= 0.3 is 0 Å². The Bertz CT molecular complexity index is 622. The van der Waals surface area contributed by atoms with Crippen LogP contribution in [0.15, 0.2) is 60.7 Å². The van der Waals surface area contributed by atoms with Crippen molar-refractivity contribution in [3.63, 3.8) is 0 Å². The largest absolute Gasteiger partial charge is 0.457 e. The van der Waals surface area contributed by atoms with Crippen LogP contribution in [0.3, 0.4) is 0 Å². The van der Waals surface area contributed by atoms with Crippen molar-refractivity contribution in [2.24, 2.45) is 0 Å². The van der Waals surface area contributed by atoms with Crippen LogP contribution >= 0.6 is 0 Å². The minimum Gasteiger partial charge on any atom is -0.457 e. The molecule has 0 saturated carbocycles. The lowest BCUT2D eigenvalue weighted by molar-refractivity contribution is -0.119. The topological polar surface area (TPSA) is 41.6 Å². The number of carbonyl (C=O) groups excluding carboxylic acids is 1. The quantitative estimate of drug-likeness (QED) is 0.677. The zero-order valence-electron chi connectivity index (χ0n) is 12.1. The molecule has 2 aromatic carbocycles. The molecule has 4 nitrogen and oxygen atoms in total. The smallest absolute Gasteiger partial charge is 0.258 e. The molecule has 0 heterocycles. The summed E-state index contributed by atoms with van der Waals surface area (Å²) in [5.74, 6) is 1.34. The van der Waals surface area contributed by atoms with E-state index in [4.69, 9.17) is 4.74 Å². The Morgan fingerprint density at radius 2 is 1.76 bits per heavy atom. The molecule has 0 bridgehead atoms. The molecule has 0 atom stereocenters. The molecule has 21 heavy (non-hydrogen) atoms. The average molecular weight is 282 g/mol. The minimum atomic E-state index is -0.172. The molecule has 0 spiro atoms. The van der Waals surface area contributed by atoms with E-state index < -0.39 is 0 Å². The predicted molar refractivity (Wildman–Crippen MR) is 83.8 cm³/mol. The van der Waals surface area contributed by atoms with Gasteiger partial charge in [-0.1, -0.05) is 30.3 Å². The van der Waals surface area contributed by atoms with Gasteiger partial charge in [0.2, 0.25) is 0 Å². The van der Waals surface area contributed by atoms with Gasteiger partial charge in [-0.25, -0.2) is 5.01 Å². The van der Waals surface area contributed by atoms with Crippen molar-refractivity contribution in [3.05, 3.63) is 66.2 Å². The van der Waals surface area contributed by atoms with Gasteiger partial charge < -0.3 is 4.74 Å². The molecule has 0 aliphatic rings. The van der Waals surface area contributed by atoms with Crippen LogP contribution in [0, 0.1) is 0 Å². The summed E-state index contributed by atoms with van der Waals surface area (Å²) in [6.07, 6.45) is 3.23. The van der Waals surface area contributed by atoms with Crippen LogP contribution in [0.1, 0.15) is 5.56 Å². The standard InChI is InChI=1S/C17H18N2O2/c1-19(2)18-17(20)12-11-14-7-6-10-16(13-14)21-15-8-4-3-5-9-15/h3-13H,1-2H3,(H,18,20)/b12-11+. The van der Waals surface area contributed by atoms with Gasteiger partial charge in [-0.15, -0.1) is 0 Å². The molecule has 0 fully saturated rings. The van der Waals surface area contributed by atoms with Crippen LogP contribution in [0.25, 0.3) is 6.08 Å². The van der Waals surface area contributed by atoms with Crippen LogP contribution in [0.2, 0.25) is 0 Å². The highest BCUT2D eigenvalue weighted by molar-refractivity contribution is 5.91. The molecule has 0 radical (unpaired) electrons. The second kappa shape index (κ2) is 7.26. The van der Waals surface area contributed by atoms with Gasteiger partial charge in [-0.3, -0.25) is 10.2 Å². The van der Waals surface area contributed by atoms with Crippen LogP contribution in [-0.2, 0) is 4.79 Å². The van der Waals surface area contributed by atoms with Crippen molar-refractivity contribution >= 4 is 12.0 Å². The van der Waals surface area contributed by atoms with E-state index in [-0.39, 0.29) is 5.91 Å². The number of benzene rings is 2. The van der Waals surface area contributed by atoms with E-state index in [9.17, 15) is 4.79 Å². The summed E-state index contributed by atoms with van der Waals surface area (Å²) in [7, 11) is 3.53. The van der Waals surface area contributed by atoms with E-state index >= 15 is 0 Å². The van der Waals surface area contributed by atoms with E-state index in [2.05, 4.69) is 5.43 Å². The van der Waals surface area contributed by atoms with E-state index in [0.29, 0.717) is 0 Å². The number of hydrogen-bond donors (Lipinski definition) is 1. The van der Waals surface area contributed by atoms with Gasteiger partial charge in [0.25, 0.3) is 5.91 Å². The summed E-state index contributed by atoms with van der Waals surface area (Å²) < 4.78 is 5.75. The first-order valence-corrected chi connectivity index (χ1v) is 6.62. The van der Waals surface area contributed by atoms with Crippen molar-refractivity contribution in [3.8, 4) is 11.5 Å². The molecular formula is C17H18N2O2. The predicted octanol–water partition coefficient (Wildman–Crippen LogP) is 3.08. The second-order valence-electron chi connectivity index (χ2n) is 4.69. The number of amides is 1. The Kier molecular flexibility index (Phi) is 5.12. The maximum atomic E-state index is 11.5. The fourth-order valence-corrected chi connectivity index (χ4v) is 1.74. The maximum Gasteiger partial charge on any atom is 0.258 e. The molecule has 108 valence electrons. The summed E-state index contributed by atoms with van der Waals surface area (Å²) >= 11 is 0. The van der Waals surface area contributed by atoms with E-state index in [0.717, 1.165) is 17.1 Å². The van der Waals surface area contributed by atoms with Gasteiger partial charge in [-0.05, 0) is 35.9 Å². The van der Waals surface area contributed by atoms with Crippen LogP contribution in [-0.4, -0.2) is 25.0 Å². The lowest BCUT2D eigenvalue weighted by Gasteiger charge is -2.09. The summed E-state index contributed by atoms with van der Waals surface area (Å²) in [6, 6.07) is 17.1. The van der Waals surface area contributed by atoms with Gasteiger partial charge in [0.15, 0.2) is 0 Å². The van der Waals surface area contributed by atoms with Crippen molar-refractivity contribution in [2.75, 3.05) is 14.1 Å². The first-order chi connectivity index (χ1) is 10.1. The highest BCUT2D eigenvalue weighted by atomic mass is 16.5. The molecule has 0 aliphatic heterocycles. The summed E-state index contributed by atoms with van der Waals surface area (Å²) in [6.45, 7) is 0. The molecule has 0 aliphatic carbocycles. The van der Waals surface area contributed by atoms with Crippen molar-refractivity contribution in [1.82, 2.24) is 10.4 Å². The van der Waals surface area contributed by atoms with E-state index in [1.54, 1.807) is 25.2 Å². The van der Waals surface area contributed by atoms with Crippen molar-refractivity contribution in [1.29, 1.82) is 0 Å². The first-order valence-electron chi connectivity index (χ1n) is 6.62. The minimum absolute atomic E-state index is 0.172. The van der Waals surface area contributed by atoms with E-state index in [1.165, 1.54) is 6.08 Å². The fraction of sp³-hybridized carbons (Fsp3) is 0.118. The summed E-state index contributed by atoms with van der Waals surface area (Å²) in [5, 5.41) is 1.60. The first kappa shape index (κ1) is 14.8. The van der Waals surface area contributed by atoms with Gasteiger partial charge in [0, 0.05) is 20.2 Å². The molecule has 2 aromatic rings. The second-order valence-corrected chi connectivity index (χ2v) is 4.69. The van der Waals surface area contributed by atoms with Crippen LogP contribution < -0.4 is 10.2 Å². The normalized spacial score (nSPS) is 10.8. The number of rotatable bonds is 5. The third-order valence-corrected chi connectivity index (χ3v) is 2.60. The number of hydrogen-bond acceptors (Lipinski definition) is 3. The molecule has 2 rings (SSSR count). The SMILES string of the molecule is CN(C)NC(=O)/C=C/c1cccc(Oc2ccccc2)c1. The highest BCUT2D eigenvalue weighted by Gasteiger charge is 1.99. The maximum absolute atomic E-state index is 11.5. The summed E-state index contributed by atoms with van der Waals surface area (Å²) in [5.41, 5.74) is 3.54. The molecule has 0 saturated heterocycles. The lowest BCUT2D eigenvalue weighted by Crippen LogP contribution is -2.34. The average Bonchev–Trinajstić information content (AvgIpc) is 2.46. The molecule has 1 amide bonds. The number of ether oxygens (including phenoxy) is 1. The molecular weight excluding hydrogens is 264 g/mol. The molecule has 0 unspecified atom stereocenters. The number of carbonyl (C=O) groups is 1. The Balaban J connectivity index is 2.04. The number of para-hydroxylation sites is 1. The van der Waals surface area contributed by atoms with Crippen molar-refractivity contribution in [2.45, 2.75) is 0 Å². The Morgan fingerprint density at radius 1 is 1.05 bits per heavy atom.